The molecule has 0 spiro atoms. The van der Waals surface area contributed by atoms with Crippen molar-refractivity contribution in [1.82, 2.24) is 5.32 Å². The summed E-state index contributed by atoms with van der Waals surface area (Å²) < 4.78 is 5.27. The first kappa shape index (κ1) is 12.2. The van der Waals surface area contributed by atoms with E-state index in [-0.39, 0.29) is 0 Å². The van der Waals surface area contributed by atoms with E-state index in [2.05, 4.69) is 18.3 Å². The molecule has 1 atom stereocenters. The molecule has 1 unspecified atom stereocenters. The van der Waals surface area contributed by atoms with Crippen molar-refractivity contribution in [2.24, 2.45) is 5.92 Å². The van der Waals surface area contributed by atoms with E-state index < -0.39 is 0 Å². The molecule has 94 valence electrons. The quantitative estimate of drug-likeness (QED) is 0.840. The number of methoxy groups -OCH3 is 1. The van der Waals surface area contributed by atoms with Crippen LogP contribution in [0.5, 0.6) is 11.5 Å². The van der Waals surface area contributed by atoms with E-state index in [9.17, 15) is 5.11 Å². The van der Waals surface area contributed by atoms with Crippen molar-refractivity contribution < 1.29 is 9.84 Å². The highest BCUT2D eigenvalue weighted by molar-refractivity contribution is 5.46. The largest absolute Gasteiger partial charge is 0.508 e. The molecule has 1 aliphatic rings. The number of nitrogens with one attached hydrogen (secondary N) is 1. The van der Waals surface area contributed by atoms with E-state index in [4.69, 9.17) is 4.74 Å². The minimum absolute atomic E-state index is 0.367. The number of rotatable bonds is 4. The summed E-state index contributed by atoms with van der Waals surface area (Å²) in [4.78, 5) is 0. The fraction of sp³-hybridized carbons (Fsp3) is 0.571. The van der Waals surface area contributed by atoms with Crippen LogP contribution in [-0.4, -0.2) is 25.3 Å². The molecule has 2 N–H and O–H groups in total. The Hall–Kier alpha value is -1.22. The maximum absolute atomic E-state index is 10.0. The van der Waals surface area contributed by atoms with Gasteiger partial charge in [-0.05, 0) is 55.5 Å². The summed E-state index contributed by atoms with van der Waals surface area (Å²) in [7, 11) is 1.65. The SMILES string of the molecule is CCc1cc(CC2CCNC2)c(O)cc1OC. The first-order valence-electron chi connectivity index (χ1n) is 6.34. The number of hydrogen-bond acceptors (Lipinski definition) is 3. The molecule has 3 nitrogen and oxygen atoms in total. The molecule has 0 saturated carbocycles. The van der Waals surface area contributed by atoms with Crippen molar-refractivity contribution in [2.75, 3.05) is 20.2 Å². The van der Waals surface area contributed by atoms with Crippen LogP contribution < -0.4 is 10.1 Å². The van der Waals surface area contributed by atoms with Gasteiger partial charge in [-0.25, -0.2) is 0 Å². The van der Waals surface area contributed by atoms with E-state index >= 15 is 0 Å². The van der Waals surface area contributed by atoms with Gasteiger partial charge in [0.1, 0.15) is 11.5 Å². The number of benzene rings is 1. The normalized spacial score (nSPS) is 19.5. The van der Waals surface area contributed by atoms with Crippen LogP contribution in [0, 0.1) is 5.92 Å². The van der Waals surface area contributed by atoms with Gasteiger partial charge < -0.3 is 15.2 Å². The molecule has 1 aromatic rings. The highest BCUT2D eigenvalue weighted by Crippen LogP contribution is 2.31. The Morgan fingerprint density at radius 3 is 2.82 bits per heavy atom. The van der Waals surface area contributed by atoms with E-state index in [1.54, 1.807) is 13.2 Å². The minimum atomic E-state index is 0.367. The lowest BCUT2D eigenvalue weighted by Gasteiger charge is -2.14. The molecular formula is C14H21NO2. The standard InChI is InChI=1S/C14H21NO2/c1-3-11-7-12(6-10-4-5-15-9-10)13(16)8-14(11)17-2/h7-8,10,15-16H,3-6,9H2,1-2H3. The summed E-state index contributed by atoms with van der Waals surface area (Å²) in [6, 6.07) is 3.84. The topological polar surface area (TPSA) is 41.5 Å². The molecule has 2 rings (SSSR count). The molecule has 1 saturated heterocycles. The van der Waals surface area contributed by atoms with Crippen molar-refractivity contribution in [1.29, 1.82) is 0 Å². The lowest BCUT2D eigenvalue weighted by molar-refractivity contribution is 0.400. The van der Waals surface area contributed by atoms with Gasteiger partial charge in [0, 0.05) is 6.07 Å². The molecule has 0 amide bonds. The monoisotopic (exact) mass is 235 g/mol. The van der Waals surface area contributed by atoms with Crippen LogP contribution in [0.3, 0.4) is 0 Å². The third kappa shape index (κ3) is 2.72. The Bertz CT molecular complexity index is 384. The average molecular weight is 235 g/mol. The molecular weight excluding hydrogens is 214 g/mol. The van der Waals surface area contributed by atoms with Crippen molar-refractivity contribution in [3.63, 3.8) is 0 Å². The molecule has 1 aliphatic heterocycles. The maximum Gasteiger partial charge on any atom is 0.125 e. The van der Waals surface area contributed by atoms with Gasteiger partial charge in [0.2, 0.25) is 0 Å². The first-order valence-corrected chi connectivity index (χ1v) is 6.34. The number of phenolic OH excluding ortho intramolecular Hbond substituents is 1. The second-order valence-electron chi connectivity index (χ2n) is 4.71. The van der Waals surface area contributed by atoms with E-state index in [0.29, 0.717) is 11.7 Å². The number of hydrogen-bond donors (Lipinski definition) is 2. The Balaban J connectivity index is 2.20. The Morgan fingerprint density at radius 2 is 2.24 bits per heavy atom. The number of aromatic hydroxyl groups is 1. The number of phenols is 1. The molecule has 1 fully saturated rings. The zero-order chi connectivity index (χ0) is 12.3. The summed E-state index contributed by atoms with van der Waals surface area (Å²) in [6.07, 6.45) is 3.09. The average Bonchev–Trinajstić information content (AvgIpc) is 2.84. The second-order valence-corrected chi connectivity index (χ2v) is 4.71. The fourth-order valence-electron chi connectivity index (χ4n) is 2.49. The van der Waals surface area contributed by atoms with Gasteiger partial charge in [-0.3, -0.25) is 0 Å². The molecule has 0 bridgehead atoms. The summed E-state index contributed by atoms with van der Waals surface area (Å²) in [6.45, 7) is 4.27. The molecule has 0 aliphatic carbocycles. The van der Waals surface area contributed by atoms with Crippen LogP contribution in [0.1, 0.15) is 24.5 Å². The Morgan fingerprint density at radius 1 is 1.41 bits per heavy atom. The lowest BCUT2D eigenvalue weighted by Crippen LogP contribution is -2.11. The minimum Gasteiger partial charge on any atom is -0.508 e. The highest BCUT2D eigenvalue weighted by Gasteiger charge is 2.17. The van der Waals surface area contributed by atoms with Crippen LogP contribution in [-0.2, 0) is 12.8 Å². The lowest BCUT2D eigenvalue weighted by atomic mass is 9.95. The highest BCUT2D eigenvalue weighted by atomic mass is 16.5. The molecule has 17 heavy (non-hydrogen) atoms. The van der Waals surface area contributed by atoms with Crippen LogP contribution in [0.15, 0.2) is 12.1 Å². The van der Waals surface area contributed by atoms with Gasteiger partial charge in [-0.1, -0.05) is 6.92 Å². The van der Waals surface area contributed by atoms with Gasteiger partial charge >= 0.3 is 0 Å². The smallest absolute Gasteiger partial charge is 0.125 e. The van der Waals surface area contributed by atoms with Crippen LogP contribution >= 0.6 is 0 Å². The van der Waals surface area contributed by atoms with Crippen molar-refractivity contribution in [3.05, 3.63) is 23.3 Å². The van der Waals surface area contributed by atoms with Crippen molar-refractivity contribution in [2.45, 2.75) is 26.2 Å². The van der Waals surface area contributed by atoms with Gasteiger partial charge in [0.15, 0.2) is 0 Å². The van der Waals surface area contributed by atoms with E-state index in [0.717, 1.165) is 37.2 Å². The summed E-state index contributed by atoms with van der Waals surface area (Å²) in [5, 5.41) is 13.4. The fourth-order valence-corrected chi connectivity index (χ4v) is 2.49. The predicted octanol–water partition coefficient (Wildman–Crippen LogP) is 2.12. The van der Waals surface area contributed by atoms with Gasteiger partial charge in [0.05, 0.1) is 7.11 Å². The van der Waals surface area contributed by atoms with Gasteiger partial charge in [-0.15, -0.1) is 0 Å². The zero-order valence-corrected chi connectivity index (χ0v) is 10.6. The molecule has 0 aromatic heterocycles. The molecule has 3 heteroatoms. The van der Waals surface area contributed by atoms with Crippen LogP contribution in [0.25, 0.3) is 0 Å². The number of aryl methyl sites for hydroxylation is 1. The molecule has 1 aromatic carbocycles. The number of ether oxygens (including phenoxy) is 1. The van der Waals surface area contributed by atoms with Crippen molar-refractivity contribution >= 4 is 0 Å². The summed E-state index contributed by atoms with van der Waals surface area (Å²) in [5.41, 5.74) is 2.22. The second kappa shape index (κ2) is 5.41. The summed E-state index contributed by atoms with van der Waals surface area (Å²) in [5.74, 6) is 1.81. The predicted molar refractivity (Wildman–Crippen MR) is 68.7 cm³/mol. The van der Waals surface area contributed by atoms with E-state index in [1.807, 2.05) is 0 Å². The Labute approximate surface area is 103 Å². The van der Waals surface area contributed by atoms with Crippen LogP contribution in [0.4, 0.5) is 0 Å². The third-order valence-electron chi connectivity index (χ3n) is 3.53. The first-order chi connectivity index (χ1) is 8.24. The maximum atomic E-state index is 10.0. The van der Waals surface area contributed by atoms with Crippen LogP contribution in [0.2, 0.25) is 0 Å². The summed E-state index contributed by atoms with van der Waals surface area (Å²) >= 11 is 0. The van der Waals surface area contributed by atoms with Crippen molar-refractivity contribution in [3.8, 4) is 11.5 Å². The third-order valence-corrected chi connectivity index (χ3v) is 3.53. The zero-order valence-electron chi connectivity index (χ0n) is 10.6. The van der Waals surface area contributed by atoms with Gasteiger partial charge in [-0.2, -0.15) is 0 Å². The Kier molecular flexibility index (Phi) is 3.89. The van der Waals surface area contributed by atoms with Gasteiger partial charge in [0.25, 0.3) is 0 Å². The van der Waals surface area contributed by atoms with E-state index in [1.165, 1.54) is 12.0 Å². The molecule has 0 radical (unpaired) electrons. The molecule has 1 heterocycles.